The van der Waals surface area contributed by atoms with E-state index in [0.29, 0.717) is 11.4 Å². The van der Waals surface area contributed by atoms with Gasteiger partial charge in [0.15, 0.2) is 5.82 Å². The monoisotopic (exact) mass is 416 g/mol. The van der Waals surface area contributed by atoms with Crippen molar-refractivity contribution in [2.75, 3.05) is 0 Å². The van der Waals surface area contributed by atoms with Crippen molar-refractivity contribution in [2.45, 2.75) is 5.54 Å². The predicted octanol–water partition coefficient (Wildman–Crippen LogP) is 4.99. The number of carbonyl (C=O) groups is 1. The van der Waals surface area contributed by atoms with Gasteiger partial charge in [0, 0.05) is 11.1 Å². The lowest BCUT2D eigenvalue weighted by Crippen LogP contribution is -2.39. The SMILES string of the molecule is O=Cc1cccc(-c2nnnn2C(c2ccccc2)(c2ccccc2)c2ccccc2)c1. The second-order valence-electron chi connectivity index (χ2n) is 7.47. The van der Waals surface area contributed by atoms with Gasteiger partial charge in [-0.3, -0.25) is 4.79 Å². The molecule has 0 N–H and O–H groups in total. The molecule has 0 aliphatic heterocycles. The molecule has 0 radical (unpaired) electrons. The molecule has 0 fully saturated rings. The lowest BCUT2D eigenvalue weighted by molar-refractivity contribution is 0.112. The zero-order chi connectivity index (χ0) is 21.8. The molecule has 0 amide bonds. The maximum Gasteiger partial charge on any atom is 0.183 e. The molecular weight excluding hydrogens is 396 g/mol. The van der Waals surface area contributed by atoms with E-state index in [2.05, 4.69) is 51.9 Å². The lowest BCUT2D eigenvalue weighted by Gasteiger charge is -2.36. The van der Waals surface area contributed by atoms with Crippen molar-refractivity contribution in [1.29, 1.82) is 0 Å². The van der Waals surface area contributed by atoms with Crippen LogP contribution in [0.25, 0.3) is 11.4 Å². The van der Waals surface area contributed by atoms with Crippen LogP contribution in [-0.2, 0) is 5.54 Å². The molecule has 5 rings (SSSR count). The maximum absolute atomic E-state index is 11.4. The predicted molar refractivity (Wildman–Crippen MR) is 123 cm³/mol. The maximum atomic E-state index is 11.4. The van der Waals surface area contributed by atoms with Crippen molar-refractivity contribution in [3.63, 3.8) is 0 Å². The van der Waals surface area contributed by atoms with Gasteiger partial charge in [-0.15, -0.1) is 5.10 Å². The van der Waals surface area contributed by atoms with Crippen molar-refractivity contribution in [3.05, 3.63) is 138 Å². The van der Waals surface area contributed by atoms with E-state index >= 15 is 0 Å². The van der Waals surface area contributed by atoms with Crippen LogP contribution in [0.1, 0.15) is 27.0 Å². The lowest BCUT2D eigenvalue weighted by atomic mass is 9.77. The minimum atomic E-state index is -0.820. The van der Waals surface area contributed by atoms with Crippen molar-refractivity contribution < 1.29 is 4.79 Å². The van der Waals surface area contributed by atoms with E-state index in [4.69, 9.17) is 0 Å². The molecule has 0 aliphatic rings. The summed E-state index contributed by atoms with van der Waals surface area (Å²) in [6, 6.07) is 38.0. The number of rotatable bonds is 6. The van der Waals surface area contributed by atoms with Crippen LogP contribution in [0.3, 0.4) is 0 Å². The van der Waals surface area contributed by atoms with Gasteiger partial charge in [-0.2, -0.15) is 0 Å². The first-order chi connectivity index (χ1) is 15.8. The van der Waals surface area contributed by atoms with Crippen molar-refractivity contribution >= 4 is 6.29 Å². The highest BCUT2D eigenvalue weighted by atomic mass is 16.1. The Kier molecular flexibility index (Phi) is 5.14. The zero-order valence-corrected chi connectivity index (χ0v) is 17.2. The summed E-state index contributed by atoms with van der Waals surface area (Å²) in [7, 11) is 0. The molecule has 5 aromatic rings. The molecule has 0 bridgehead atoms. The molecule has 0 unspecified atom stereocenters. The molecular formula is C27H20N4O. The van der Waals surface area contributed by atoms with Crippen LogP contribution in [0.5, 0.6) is 0 Å². The summed E-state index contributed by atoms with van der Waals surface area (Å²) in [6.45, 7) is 0. The summed E-state index contributed by atoms with van der Waals surface area (Å²) in [6.07, 6.45) is 0.830. The van der Waals surface area contributed by atoms with Gasteiger partial charge in [0.1, 0.15) is 11.8 Å². The van der Waals surface area contributed by atoms with Crippen LogP contribution in [0.4, 0.5) is 0 Å². The second-order valence-corrected chi connectivity index (χ2v) is 7.47. The number of benzene rings is 4. The average molecular weight is 416 g/mol. The molecule has 0 aliphatic carbocycles. The summed E-state index contributed by atoms with van der Waals surface area (Å²) < 4.78 is 1.86. The van der Waals surface area contributed by atoms with E-state index in [9.17, 15) is 4.79 Å². The van der Waals surface area contributed by atoms with E-state index in [1.54, 1.807) is 12.1 Å². The van der Waals surface area contributed by atoms with Crippen molar-refractivity contribution in [3.8, 4) is 11.4 Å². The first-order valence-electron chi connectivity index (χ1n) is 10.3. The largest absolute Gasteiger partial charge is 0.298 e. The summed E-state index contributed by atoms with van der Waals surface area (Å²) >= 11 is 0. The van der Waals surface area contributed by atoms with E-state index in [1.807, 2.05) is 71.4 Å². The minimum Gasteiger partial charge on any atom is -0.298 e. The Morgan fingerprint density at radius 1 is 0.656 bits per heavy atom. The van der Waals surface area contributed by atoms with Gasteiger partial charge in [-0.25, -0.2) is 4.68 Å². The highest BCUT2D eigenvalue weighted by Gasteiger charge is 2.41. The number of nitrogens with zero attached hydrogens (tertiary/aromatic N) is 4. The normalized spacial score (nSPS) is 11.2. The molecule has 32 heavy (non-hydrogen) atoms. The fourth-order valence-electron chi connectivity index (χ4n) is 4.25. The fourth-order valence-corrected chi connectivity index (χ4v) is 4.25. The van der Waals surface area contributed by atoms with Crippen LogP contribution in [0.15, 0.2) is 115 Å². The Balaban J connectivity index is 1.89. The Bertz CT molecular complexity index is 1240. The van der Waals surface area contributed by atoms with E-state index in [-0.39, 0.29) is 0 Å². The van der Waals surface area contributed by atoms with Crippen LogP contribution in [0, 0.1) is 0 Å². The third-order valence-corrected chi connectivity index (χ3v) is 5.64. The van der Waals surface area contributed by atoms with Crippen LogP contribution in [-0.4, -0.2) is 26.5 Å². The topological polar surface area (TPSA) is 60.7 Å². The van der Waals surface area contributed by atoms with Crippen molar-refractivity contribution in [2.24, 2.45) is 0 Å². The van der Waals surface area contributed by atoms with Gasteiger partial charge in [0.25, 0.3) is 0 Å². The van der Waals surface area contributed by atoms with E-state index in [0.717, 1.165) is 28.5 Å². The Morgan fingerprint density at radius 3 is 1.69 bits per heavy atom. The fraction of sp³-hybridized carbons (Fsp3) is 0.0370. The third kappa shape index (κ3) is 3.20. The molecule has 1 heterocycles. The molecule has 1 aromatic heterocycles. The molecule has 0 saturated carbocycles. The first-order valence-corrected chi connectivity index (χ1v) is 10.3. The molecule has 4 aromatic carbocycles. The van der Waals surface area contributed by atoms with Gasteiger partial charge in [0.05, 0.1) is 0 Å². The number of aldehydes is 1. The first kappa shape index (κ1) is 19.6. The quantitative estimate of drug-likeness (QED) is 0.289. The van der Waals surface area contributed by atoms with Crippen molar-refractivity contribution in [1.82, 2.24) is 20.2 Å². The molecule has 5 heteroatoms. The smallest absolute Gasteiger partial charge is 0.183 e. The molecule has 0 spiro atoms. The summed E-state index contributed by atoms with van der Waals surface area (Å²) in [5.41, 5.74) is 3.60. The minimum absolute atomic E-state index is 0.571. The highest BCUT2D eigenvalue weighted by Crippen LogP contribution is 2.42. The van der Waals surface area contributed by atoms with Gasteiger partial charge in [-0.1, -0.05) is 109 Å². The summed E-state index contributed by atoms with van der Waals surface area (Å²) in [4.78, 5) is 11.4. The van der Waals surface area contributed by atoms with Crippen LogP contribution in [0.2, 0.25) is 0 Å². The number of hydrogen-bond acceptors (Lipinski definition) is 4. The van der Waals surface area contributed by atoms with Gasteiger partial charge < -0.3 is 0 Å². The Hall–Kier alpha value is -4.38. The summed E-state index contributed by atoms with van der Waals surface area (Å²) in [5.74, 6) is 0.574. The Morgan fingerprint density at radius 2 is 1.19 bits per heavy atom. The third-order valence-electron chi connectivity index (χ3n) is 5.64. The van der Waals surface area contributed by atoms with E-state index in [1.165, 1.54) is 0 Å². The molecule has 154 valence electrons. The molecule has 0 saturated heterocycles. The number of aromatic nitrogens is 4. The Labute approximate surface area is 186 Å². The second kappa shape index (κ2) is 8.40. The number of carbonyl (C=O) groups excluding carboxylic acids is 1. The van der Waals surface area contributed by atoms with Gasteiger partial charge >= 0.3 is 0 Å². The van der Waals surface area contributed by atoms with Crippen LogP contribution < -0.4 is 0 Å². The summed E-state index contributed by atoms with van der Waals surface area (Å²) in [5, 5.41) is 13.0. The highest BCUT2D eigenvalue weighted by molar-refractivity contribution is 5.77. The van der Waals surface area contributed by atoms with Gasteiger partial charge in [-0.05, 0) is 33.2 Å². The number of hydrogen-bond donors (Lipinski definition) is 0. The zero-order valence-electron chi connectivity index (χ0n) is 17.2. The standard InChI is InChI=1S/C27H20N4O/c32-20-21-11-10-12-22(19-21)26-28-29-30-31(26)27(23-13-4-1-5-14-23,24-15-6-2-7-16-24)25-17-8-3-9-18-25/h1-20H. The molecule has 0 atom stereocenters. The molecule has 5 nitrogen and oxygen atoms in total. The van der Waals surface area contributed by atoms with Crippen LogP contribution >= 0.6 is 0 Å². The average Bonchev–Trinajstić information content (AvgIpc) is 3.37. The van der Waals surface area contributed by atoms with Gasteiger partial charge in [0.2, 0.25) is 0 Å². The number of tetrazole rings is 1. The van der Waals surface area contributed by atoms with E-state index < -0.39 is 5.54 Å².